The Hall–Kier alpha value is -0.110. The zero-order valence-electron chi connectivity index (χ0n) is 10.9. The van der Waals surface area contributed by atoms with Crippen molar-refractivity contribution in [1.82, 2.24) is 4.90 Å². The van der Waals surface area contributed by atoms with Crippen LogP contribution in [0.4, 0.5) is 0 Å². The average molecular weight is 239 g/mol. The summed E-state index contributed by atoms with van der Waals surface area (Å²) < 4.78 is 0. The van der Waals surface area contributed by atoms with Crippen LogP contribution in [-0.2, 0) is 0 Å². The van der Waals surface area contributed by atoms with Crippen molar-refractivity contribution < 1.29 is 0 Å². The minimum absolute atomic E-state index is 0.590. The number of hydrogen-bond donors (Lipinski definition) is 0. The first-order valence-electron chi connectivity index (χ1n) is 6.90. The second kappa shape index (κ2) is 5.03. The highest BCUT2D eigenvalue weighted by atomic mass is 32.1. The Balaban J connectivity index is 2.11. The number of nitrogens with zero attached hydrogens (tertiary/aromatic N) is 1. The third kappa shape index (κ3) is 2.42. The third-order valence-electron chi connectivity index (χ3n) is 4.46. The molecule has 2 heteroatoms. The maximum absolute atomic E-state index is 5.74. The van der Waals surface area contributed by atoms with Gasteiger partial charge in [-0.05, 0) is 44.9 Å². The number of piperidine rings is 1. The molecule has 1 saturated heterocycles. The Morgan fingerprint density at radius 2 is 2.00 bits per heavy atom. The van der Waals surface area contributed by atoms with Crippen LogP contribution in [0.3, 0.4) is 0 Å². The smallest absolute Gasteiger partial charge is 0.0815 e. The van der Waals surface area contributed by atoms with Crippen molar-refractivity contribution in [3.8, 4) is 0 Å². The topological polar surface area (TPSA) is 3.24 Å². The second-order valence-electron chi connectivity index (χ2n) is 6.05. The van der Waals surface area contributed by atoms with Gasteiger partial charge in [0.1, 0.15) is 0 Å². The molecule has 3 unspecified atom stereocenters. The maximum Gasteiger partial charge on any atom is 0.0815 e. The lowest BCUT2D eigenvalue weighted by atomic mass is 9.80. The molecule has 0 aromatic heterocycles. The van der Waals surface area contributed by atoms with Gasteiger partial charge in [0.2, 0.25) is 0 Å². The summed E-state index contributed by atoms with van der Waals surface area (Å²) >= 11 is 5.74. The Bertz CT molecular complexity index is 261. The van der Waals surface area contributed by atoms with Crippen molar-refractivity contribution in [1.29, 1.82) is 0 Å². The second-order valence-corrected chi connectivity index (χ2v) is 6.47. The van der Waals surface area contributed by atoms with E-state index >= 15 is 0 Å². The zero-order chi connectivity index (χ0) is 11.7. The fourth-order valence-corrected chi connectivity index (χ4v) is 4.05. The fraction of sp³-hybridized carbons (Fsp3) is 0.929. The largest absolute Gasteiger partial charge is 0.363 e. The van der Waals surface area contributed by atoms with E-state index in [2.05, 4.69) is 25.7 Å². The molecule has 1 heterocycles. The number of likely N-dealkylation sites (tertiary alicyclic amines) is 1. The lowest BCUT2D eigenvalue weighted by Crippen LogP contribution is -2.47. The molecule has 92 valence electrons. The van der Waals surface area contributed by atoms with Crippen LogP contribution >= 0.6 is 12.2 Å². The normalized spacial score (nSPS) is 36.1. The molecule has 2 rings (SSSR count). The Kier molecular flexibility index (Phi) is 3.89. The van der Waals surface area contributed by atoms with Gasteiger partial charge in [0.15, 0.2) is 0 Å². The summed E-state index contributed by atoms with van der Waals surface area (Å²) in [6, 6.07) is 0.590. The Morgan fingerprint density at radius 3 is 2.69 bits per heavy atom. The number of hydrogen-bond acceptors (Lipinski definition) is 1. The molecule has 0 spiro atoms. The minimum atomic E-state index is 0.590. The van der Waals surface area contributed by atoms with Crippen molar-refractivity contribution in [3.63, 3.8) is 0 Å². The van der Waals surface area contributed by atoms with Gasteiger partial charge in [0, 0.05) is 18.5 Å². The first-order valence-corrected chi connectivity index (χ1v) is 7.31. The third-order valence-corrected chi connectivity index (χ3v) is 5.00. The molecule has 0 aromatic rings. The first-order chi connectivity index (χ1) is 7.59. The van der Waals surface area contributed by atoms with Crippen molar-refractivity contribution in [3.05, 3.63) is 0 Å². The monoisotopic (exact) mass is 239 g/mol. The standard InChI is InChI=1S/C14H25NS/c1-10(2)15-8-7-12-6-4-5-11(3)9-13(12)14(15)16/h10-13H,4-9H2,1-3H3. The molecule has 0 aromatic carbocycles. The van der Waals surface area contributed by atoms with E-state index in [1.807, 2.05) is 0 Å². The van der Waals surface area contributed by atoms with E-state index in [0.29, 0.717) is 12.0 Å². The predicted octanol–water partition coefficient (Wildman–Crippen LogP) is 3.87. The van der Waals surface area contributed by atoms with Gasteiger partial charge in [-0.15, -0.1) is 0 Å². The van der Waals surface area contributed by atoms with Gasteiger partial charge in [-0.25, -0.2) is 0 Å². The van der Waals surface area contributed by atoms with Gasteiger partial charge in [-0.2, -0.15) is 0 Å². The summed E-state index contributed by atoms with van der Waals surface area (Å²) in [5.41, 5.74) is 0. The van der Waals surface area contributed by atoms with E-state index in [-0.39, 0.29) is 0 Å². The van der Waals surface area contributed by atoms with Crippen LogP contribution in [0.5, 0.6) is 0 Å². The molecule has 0 radical (unpaired) electrons. The molecule has 3 atom stereocenters. The number of fused-ring (bicyclic) bond motifs is 1. The molecular weight excluding hydrogens is 214 g/mol. The summed E-state index contributed by atoms with van der Waals surface area (Å²) in [7, 11) is 0. The summed E-state index contributed by atoms with van der Waals surface area (Å²) in [5.74, 6) is 2.48. The number of rotatable bonds is 1. The fourth-order valence-electron chi connectivity index (χ4n) is 3.46. The highest BCUT2D eigenvalue weighted by Gasteiger charge is 2.36. The molecule has 0 bridgehead atoms. The lowest BCUT2D eigenvalue weighted by molar-refractivity contribution is 0.219. The van der Waals surface area contributed by atoms with Crippen LogP contribution in [0, 0.1) is 17.8 Å². The lowest BCUT2D eigenvalue weighted by Gasteiger charge is -2.42. The molecule has 1 nitrogen and oxygen atoms in total. The molecule has 2 fully saturated rings. The van der Waals surface area contributed by atoms with Crippen molar-refractivity contribution in [2.24, 2.45) is 17.8 Å². The molecule has 16 heavy (non-hydrogen) atoms. The van der Waals surface area contributed by atoms with Crippen LogP contribution in [0.2, 0.25) is 0 Å². The summed E-state index contributed by atoms with van der Waals surface area (Å²) in [6.07, 6.45) is 6.97. The van der Waals surface area contributed by atoms with E-state index in [4.69, 9.17) is 12.2 Å². The summed E-state index contributed by atoms with van der Waals surface area (Å²) in [4.78, 5) is 3.74. The van der Waals surface area contributed by atoms with Crippen molar-refractivity contribution in [2.45, 2.75) is 58.9 Å². The van der Waals surface area contributed by atoms with Gasteiger partial charge >= 0.3 is 0 Å². The Labute approximate surface area is 106 Å². The van der Waals surface area contributed by atoms with Gasteiger partial charge in [0.05, 0.1) is 4.99 Å². The SMILES string of the molecule is CC1CCCC2CCN(C(C)C)C(=S)C2C1. The molecule has 1 saturated carbocycles. The van der Waals surface area contributed by atoms with Crippen LogP contribution in [-0.4, -0.2) is 22.5 Å². The molecule has 1 aliphatic heterocycles. The van der Waals surface area contributed by atoms with Crippen LogP contribution in [0.15, 0.2) is 0 Å². The molecule has 0 N–H and O–H groups in total. The quantitative estimate of drug-likeness (QED) is 0.639. The van der Waals surface area contributed by atoms with Crippen LogP contribution in [0.25, 0.3) is 0 Å². The van der Waals surface area contributed by atoms with Gasteiger partial charge in [0.25, 0.3) is 0 Å². The van der Waals surface area contributed by atoms with Gasteiger partial charge in [-0.3, -0.25) is 0 Å². The molecule has 1 aliphatic carbocycles. The highest BCUT2D eigenvalue weighted by Crippen LogP contribution is 2.39. The van der Waals surface area contributed by atoms with E-state index in [9.17, 15) is 0 Å². The average Bonchev–Trinajstić information content (AvgIpc) is 2.40. The molecule has 2 aliphatic rings. The van der Waals surface area contributed by atoms with E-state index in [1.54, 1.807) is 0 Å². The van der Waals surface area contributed by atoms with E-state index < -0.39 is 0 Å². The van der Waals surface area contributed by atoms with Crippen LogP contribution in [0.1, 0.15) is 52.9 Å². The van der Waals surface area contributed by atoms with Crippen molar-refractivity contribution >= 4 is 17.2 Å². The molecular formula is C14H25NS. The highest BCUT2D eigenvalue weighted by molar-refractivity contribution is 7.80. The summed E-state index contributed by atoms with van der Waals surface area (Å²) in [6.45, 7) is 8.14. The van der Waals surface area contributed by atoms with Gasteiger partial charge in [-0.1, -0.05) is 32.0 Å². The summed E-state index contributed by atoms with van der Waals surface area (Å²) in [5, 5.41) is 0. The minimum Gasteiger partial charge on any atom is -0.363 e. The first kappa shape index (κ1) is 12.3. The van der Waals surface area contributed by atoms with Crippen LogP contribution < -0.4 is 0 Å². The van der Waals surface area contributed by atoms with Crippen molar-refractivity contribution in [2.75, 3.05) is 6.54 Å². The number of thiocarbonyl (C=S) groups is 1. The van der Waals surface area contributed by atoms with Gasteiger partial charge < -0.3 is 4.90 Å². The Morgan fingerprint density at radius 1 is 1.25 bits per heavy atom. The maximum atomic E-state index is 5.74. The predicted molar refractivity (Wildman–Crippen MR) is 73.7 cm³/mol. The van der Waals surface area contributed by atoms with E-state index in [0.717, 1.165) is 11.8 Å². The molecule has 0 amide bonds. The van der Waals surface area contributed by atoms with E-state index in [1.165, 1.54) is 43.6 Å². The zero-order valence-corrected chi connectivity index (χ0v) is 11.7.